The van der Waals surface area contributed by atoms with E-state index in [-0.39, 0.29) is 18.6 Å². The Bertz CT molecular complexity index is 421. The predicted octanol–water partition coefficient (Wildman–Crippen LogP) is 1.38. The number of hydrogen-bond donors (Lipinski definition) is 1. The van der Waals surface area contributed by atoms with E-state index in [1.165, 1.54) is 5.56 Å². The molecule has 1 heterocycles. The summed E-state index contributed by atoms with van der Waals surface area (Å²) in [5.41, 5.74) is 1.92. The lowest BCUT2D eigenvalue weighted by molar-refractivity contribution is -0.0447. The highest BCUT2D eigenvalue weighted by Gasteiger charge is 2.24. The maximum Gasteiger partial charge on any atom is 0.254 e. The normalized spacial score (nSPS) is 19.5. The maximum absolute atomic E-state index is 12.3. The Balaban J connectivity index is 2.02. The van der Waals surface area contributed by atoms with E-state index in [0.717, 1.165) is 5.75 Å². The standard InChI is InChI=1S/C14H19NO3S/c1-19-10-11-2-4-12(5-3-11)14(17)15-6-7-18-13(8-15)9-16/h2-5,13,16H,6-10H2,1H3. The van der Waals surface area contributed by atoms with Crippen molar-refractivity contribution in [1.29, 1.82) is 0 Å². The number of aliphatic hydroxyl groups is 1. The molecule has 1 unspecified atom stereocenters. The summed E-state index contributed by atoms with van der Waals surface area (Å²) in [6.45, 7) is 1.49. The van der Waals surface area contributed by atoms with Crippen molar-refractivity contribution in [1.82, 2.24) is 4.90 Å². The number of hydrogen-bond acceptors (Lipinski definition) is 4. The van der Waals surface area contributed by atoms with Gasteiger partial charge >= 0.3 is 0 Å². The molecule has 1 N–H and O–H groups in total. The van der Waals surface area contributed by atoms with Crippen LogP contribution in [-0.2, 0) is 10.5 Å². The molecule has 1 aliphatic rings. The Kier molecular flexibility index (Phi) is 5.24. The van der Waals surface area contributed by atoms with Gasteiger partial charge in [0.25, 0.3) is 5.91 Å². The second kappa shape index (κ2) is 6.93. The van der Waals surface area contributed by atoms with E-state index in [4.69, 9.17) is 9.84 Å². The quantitative estimate of drug-likeness (QED) is 0.906. The van der Waals surface area contributed by atoms with Crippen LogP contribution in [0.1, 0.15) is 15.9 Å². The topological polar surface area (TPSA) is 49.8 Å². The Hall–Kier alpha value is -1.04. The first kappa shape index (κ1) is 14.4. The number of carbonyl (C=O) groups is 1. The zero-order valence-corrected chi connectivity index (χ0v) is 11.9. The molecule has 1 amide bonds. The fourth-order valence-electron chi connectivity index (χ4n) is 2.11. The Morgan fingerprint density at radius 1 is 1.47 bits per heavy atom. The number of ether oxygens (including phenoxy) is 1. The summed E-state index contributed by atoms with van der Waals surface area (Å²) >= 11 is 1.76. The van der Waals surface area contributed by atoms with Crippen LogP contribution in [0.3, 0.4) is 0 Å². The third kappa shape index (κ3) is 3.72. The van der Waals surface area contributed by atoms with Gasteiger partial charge in [0.05, 0.1) is 19.3 Å². The van der Waals surface area contributed by atoms with Crippen molar-refractivity contribution in [3.63, 3.8) is 0 Å². The van der Waals surface area contributed by atoms with Crippen LogP contribution in [0.4, 0.5) is 0 Å². The molecule has 0 spiro atoms. The summed E-state index contributed by atoms with van der Waals surface area (Å²) in [6.07, 6.45) is 1.80. The van der Waals surface area contributed by atoms with Gasteiger partial charge in [-0.15, -0.1) is 0 Å². The zero-order valence-electron chi connectivity index (χ0n) is 11.0. The Morgan fingerprint density at radius 2 is 2.21 bits per heavy atom. The van der Waals surface area contributed by atoms with Gasteiger partial charge in [0.2, 0.25) is 0 Å². The highest BCUT2D eigenvalue weighted by atomic mass is 32.2. The third-order valence-corrected chi connectivity index (χ3v) is 3.76. The van der Waals surface area contributed by atoms with Gasteiger partial charge in [-0.2, -0.15) is 11.8 Å². The molecule has 0 aromatic heterocycles. The molecular formula is C14H19NO3S. The number of thioether (sulfide) groups is 1. The first-order valence-electron chi connectivity index (χ1n) is 6.34. The minimum atomic E-state index is -0.256. The fourth-order valence-corrected chi connectivity index (χ4v) is 2.63. The van der Waals surface area contributed by atoms with E-state index in [9.17, 15) is 4.79 Å². The molecule has 5 heteroatoms. The molecule has 1 atom stereocenters. The average Bonchev–Trinajstić information content (AvgIpc) is 2.48. The second-order valence-electron chi connectivity index (χ2n) is 4.56. The van der Waals surface area contributed by atoms with E-state index < -0.39 is 0 Å². The van der Waals surface area contributed by atoms with E-state index >= 15 is 0 Å². The number of aliphatic hydroxyl groups excluding tert-OH is 1. The number of rotatable bonds is 4. The molecule has 4 nitrogen and oxygen atoms in total. The molecule has 0 saturated carbocycles. The summed E-state index contributed by atoms with van der Waals surface area (Å²) in [4.78, 5) is 14.1. The van der Waals surface area contributed by atoms with Crippen LogP contribution in [0.25, 0.3) is 0 Å². The second-order valence-corrected chi connectivity index (χ2v) is 5.42. The molecule has 1 aromatic carbocycles. The average molecular weight is 281 g/mol. The van der Waals surface area contributed by atoms with Crippen LogP contribution in [0.2, 0.25) is 0 Å². The van der Waals surface area contributed by atoms with Crippen molar-refractivity contribution in [3.8, 4) is 0 Å². The summed E-state index contributed by atoms with van der Waals surface area (Å²) in [5.74, 6) is 0.968. The smallest absolute Gasteiger partial charge is 0.254 e. The van der Waals surface area contributed by atoms with E-state index in [2.05, 4.69) is 6.26 Å². The van der Waals surface area contributed by atoms with Gasteiger partial charge in [-0.1, -0.05) is 12.1 Å². The van der Waals surface area contributed by atoms with Gasteiger partial charge in [-0.3, -0.25) is 4.79 Å². The molecule has 1 aliphatic heterocycles. The molecular weight excluding hydrogens is 262 g/mol. The lowest BCUT2D eigenvalue weighted by Crippen LogP contribution is -2.46. The van der Waals surface area contributed by atoms with Crippen LogP contribution >= 0.6 is 11.8 Å². The first-order valence-corrected chi connectivity index (χ1v) is 7.73. The molecule has 19 heavy (non-hydrogen) atoms. The van der Waals surface area contributed by atoms with Crippen molar-refractivity contribution in [2.24, 2.45) is 0 Å². The van der Waals surface area contributed by atoms with Gasteiger partial charge in [0.1, 0.15) is 0 Å². The Morgan fingerprint density at radius 3 is 2.84 bits per heavy atom. The monoisotopic (exact) mass is 281 g/mol. The number of benzene rings is 1. The van der Waals surface area contributed by atoms with Gasteiger partial charge in [0, 0.05) is 24.4 Å². The molecule has 1 fully saturated rings. The van der Waals surface area contributed by atoms with Crippen molar-refractivity contribution >= 4 is 17.7 Å². The van der Waals surface area contributed by atoms with Gasteiger partial charge in [0.15, 0.2) is 0 Å². The molecule has 0 bridgehead atoms. The summed E-state index contributed by atoms with van der Waals surface area (Å²) in [5, 5.41) is 9.09. The fraction of sp³-hybridized carbons (Fsp3) is 0.500. The maximum atomic E-state index is 12.3. The van der Waals surface area contributed by atoms with E-state index in [0.29, 0.717) is 25.3 Å². The van der Waals surface area contributed by atoms with E-state index in [1.807, 2.05) is 24.3 Å². The Labute approximate surface area is 117 Å². The molecule has 0 radical (unpaired) electrons. The lowest BCUT2D eigenvalue weighted by Gasteiger charge is -2.32. The van der Waals surface area contributed by atoms with Gasteiger partial charge in [-0.25, -0.2) is 0 Å². The van der Waals surface area contributed by atoms with Crippen molar-refractivity contribution in [3.05, 3.63) is 35.4 Å². The minimum absolute atomic E-state index is 0.0115. The summed E-state index contributed by atoms with van der Waals surface area (Å²) in [7, 11) is 0. The van der Waals surface area contributed by atoms with Crippen molar-refractivity contribution in [2.75, 3.05) is 32.6 Å². The number of morpholine rings is 1. The predicted molar refractivity (Wildman–Crippen MR) is 76.4 cm³/mol. The molecule has 1 aromatic rings. The van der Waals surface area contributed by atoms with Crippen molar-refractivity contribution < 1.29 is 14.6 Å². The molecule has 104 valence electrons. The highest BCUT2D eigenvalue weighted by molar-refractivity contribution is 7.97. The lowest BCUT2D eigenvalue weighted by atomic mass is 10.1. The van der Waals surface area contributed by atoms with Crippen LogP contribution in [-0.4, -0.2) is 54.6 Å². The van der Waals surface area contributed by atoms with Crippen LogP contribution in [0, 0.1) is 0 Å². The highest BCUT2D eigenvalue weighted by Crippen LogP contribution is 2.14. The largest absolute Gasteiger partial charge is 0.394 e. The number of nitrogens with zero attached hydrogens (tertiary/aromatic N) is 1. The molecule has 2 rings (SSSR count). The molecule has 1 saturated heterocycles. The van der Waals surface area contributed by atoms with Crippen molar-refractivity contribution in [2.45, 2.75) is 11.9 Å². The minimum Gasteiger partial charge on any atom is -0.394 e. The first-order chi connectivity index (χ1) is 9.24. The summed E-state index contributed by atoms with van der Waals surface area (Å²) in [6, 6.07) is 7.73. The molecule has 0 aliphatic carbocycles. The van der Waals surface area contributed by atoms with Gasteiger partial charge in [-0.05, 0) is 24.0 Å². The zero-order chi connectivity index (χ0) is 13.7. The SMILES string of the molecule is CSCc1ccc(C(=O)N2CCOC(CO)C2)cc1. The summed E-state index contributed by atoms with van der Waals surface area (Å²) < 4.78 is 5.35. The van der Waals surface area contributed by atoms with E-state index in [1.54, 1.807) is 16.7 Å². The number of carbonyl (C=O) groups excluding carboxylic acids is 1. The van der Waals surface area contributed by atoms with Crippen LogP contribution in [0.5, 0.6) is 0 Å². The van der Waals surface area contributed by atoms with Crippen LogP contribution < -0.4 is 0 Å². The van der Waals surface area contributed by atoms with Crippen LogP contribution in [0.15, 0.2) is 24.3 Å². The van der Waals surface area contributed by atoms with Gasteiger partial charge < -0.3 is 14.7 Å². The number of amides is 1. The third-order valence-electron chi connectivity index (χ3n) is 3.14.